The van der Waals surface area contributed by atoms with E-state index in [1.54, 1.807) is 0 Å². The molecule has 1 saturated carbocycles. The standard InChI is InChI=1S/C11H21N3O/c1-14-4-2-8(3-5-14)7-13-11(15)9-6-10(9)12/h8-10H,2-7,12H2,1H3,(H,13,15). The molecule has 0 aromatic heterocycles. The van der Waals surface area contributed by atoms with Crippen molar-refractivity contribution in [3.63, 3.8) is 0 Å². The van der Waals surface area contributed by atoms with Crippen molar-refractivity contribution in [3.05, 3.63) is 0 Å². The van der Waals surface area contributed by atoms with E-state index >= 15 is 0 Å². The minimum atomic E-state index is 0.108. The van der Waals surface area contributed by atoms with Crippen LogP contribution in [0, 0.1) is 11.8 Å². The molecule has 1 saturated heterocycles. The van der Waals surface area contributed by atoms with E-state index in [9.17, 15) is 4.79 Å². The number of amides is 1. The van der Waals surface area contributed by atoms with E-state index in [0.717, 1.165) is 26.1 Å². The summed E-state index contributed by atoms with van der Waals surface area (Å²) in [6.07, 6.45) is 3.28. The van der Waals surface area contributed by atoms with Crippen molar-refractivity contribution in [2.24, 2.45) is 17.6 Å². The third kappa shape index (κ3) is 2.92. The average Bonchev–Trinajstić information content (AvgIpc) is 2.94. The summed E-state index contributed by atoms with van der Waals surface area (Å²) >= 11 is 0. The van der Waals surface area contributed by atoms with Gasteiger partial charge in [-0.15, -0.1) is 0 Å². The van der Waals surface area contributed by atoms with Gasteiger partial charge in [0.25, 0.3) is 0 Å². The van der Waals surface area contributed by atoms with Crippen molar-refractivity contribution < 1.29 is 4.79 Å². The second-order valence-corrected chi connectivity index (χ2v) is 5.00. The van der Waals surface area contributed by atoms with E-state index in [1.165, 1.54) is 12.8 Å². The summed E-state index contributed by atoms with van der Waals surface area (Å²) in [5, 5.41) is 3.02. The van der Waals surface area contributed by atoms with Crippen LogP contribution in [0.3, 0.4) is 0 Å². The van der Waals surface area contributed by atoms with Crippen LogP contribution in [0.2, 0.25) is 0 Å². The van der Waals surface area contributed by atoms with Crippen molar-refractivity contribution in [3.8, 4) is 0 Å². The van der Waals surface area contributed by atoms with E-state index in [0.29, 0.717) is 5.92 Å². The zero-order valence-electron chi connectivity index (χ0n) is 9.41. The number of carbonyl (C=O) groups excluding carboxylic acids is 1. The highest BCUT2D eigenvalue weighted by atomic mass is 16.2. The molecule has 0 spiro atoms. The van der Waals surface area contributed by atoms with Crippen molar-refractivity contribution in [1.82, 2.24) is 10.2 Å². The van der Waals surface area contributed by atoms with E-state index in [2.05, 4.69) is 17.3 Å². The Labute approximate surface area is 91.2 Å². The highest BCUT2D eigenvalue weighted by Gasteiger charge is 2.39. The molecule has 1 heterocycles. The third-order valence-corrected chi connectivity index (χ3v) is 3.58. The predicted molar refractivity (Wildman–Crippen MR) is 59.3 cm³/mol. The SMILES string of the molecule is CN1CCC(CNC(=O)C2CC2N)CC1. The molecule has 4 heteroatoms. The number of likely N-dealkylation sites (tertiary alicyclic amines) is 1. The first-order valence-electron chi connectivity index (χ1n) is 5.88. The number of hydrogen-bond donors (Lipinski definition) is 2. The van der Waals surface area contributed by atoms with Gasteiger partial charge >= 0.3 is 0 Å². The average molecular weight is 211 g/mol. The number of carbonyl (C=O) groups is 1. The van der Waals surface area contributed by atoms with Crippen LogP contribution in [0.1, 0.15) is 19.3 Å². The first kappa shape index (κ1) is 10.9. The van der Waals surface area contributed by atoms with Crippen molar-refractivity contribution in [2.75, 3.05) is 26.7 Å². The van der Waals surface area contributed by atoms with Gasteiger partial charge in [-0.3, -0.25) is 4.79 Å². The lowest BCUT2D eigenvalue weighted by atomic mass is 9.97. The smallest absolute Gasteiger partial charge is 0.224 e. The molecule has 86 valence electrons. The minimum Gasteiger partial charge on any atom is -0.356 e. The van der Waals surface area contributed by atoms with Crippen LogP contribution in [-0.4, -0.2) is 43.5 Å². The molecule has 3 N–H and O–H groups in total. The molecule has 2 rings (SSSR count). The van der Waals surface area contributed by atoms with Crippen molar-refractivity contribution in [2.45, 2.75) is 25.3 Å². The van der Waals surface area contributed by atoms with Crippen LogP contribution in [0.5, 0.6) is 0 Å². The van der Waals surface area contributed by atoms with Gasteiger partial charge in [0.05, 0.1) is 5.92 Å². The molecular weight excluding hydrogens is 190 g/mol. The summed E-state index contributed by atoms with van der Waals surface area (Å²) < 4.78 is 0. The fraction of sp³-hybridized carbons (Fsp3) is 0.909. The number of nitrogens with one attached hydrogen (secondary N) is 1. The number of nitrogens with zero attached hydrogens (tertiary/aromatic N) is 1. The summed E-state index contributed by atoms with van der Waals surface area (Å²) in [6.45, 7) is 3.16. The molecule has 2 atom stereocenters. The van der Waals surface area contributed by atoms with Crippen LogP contribution >= 0.6 is 0 Å². The van der Waals surface area contributed by atoms with Gasteiger partial charge in [-0.2, -0.15) is 0 Å². The van der Waals surface area contributed by atoms with Gasteiger partial charge in [0.15, 0.2) is 0 Å². The van der Waals surface area contributed by atoms with Gasteiger partial charge in [0.2, 0.25) is 5.91 Å². The Bertz CT molecular complexity index is 236. The molecular formula is C11H21N3O. The molecule has 2 unspecified atom stereocenters. The lowest BCUT2D eigenvalue weighted by Crippen LogP contribution is -2.37. The predicted octanol–water partition coefficient (Wildman–Crippen LogP) is -0.208. The first-order chi connectivity index (χ1) is 7.16. The summed E-state index contributed by atoms with van der Waals surface area (Å²) in [6, 6.07) is 0.127. The molecule has 2 aliphatic rings. The quantitative estimate of drug-likeness (QED) is 0.679. The molecule has 2 fully saturated rings. The van der Waals surface area contributed by atoms with Gasteiger partial charge in [-0.05, 0) is 45.3 Å². The zero-order valence-corrected chi connectivity index (χ0v) is 9.41. The summed E-state index contributed by atoms with van der Waals surface area (Å²) in [5.41, 5.74) is 5.63. The second kappa shape index (κ2) is 4.49. The molecule has 15 heavy (non-hydrogen) atoms. The fourth-order valence-electron chi connectivity index (χ4n) is 2.16. The van der Waals surface area contributed by atoms with Crippen LogP contribution in [0.25, 0.3) is 0 Å². The Kier molecular flexibility index (Phi) is 3.26. The second-order valence-electron chi connectivity index (χ2n) is 5.00. The van der Waals surface area contributed by atoms with Gasteiger partial charge in [-0.25, -0.2) is 0 Å². The topological polar surface area (TPSA) is 58.4 Å². The Morgan fingerprint density at radius 1 is 1.47 bits per heavy atom. The maximum absolute atomic E-state index is 11.5. The highest BCUT2D eigenvalue weighted by molar-refractivity contribution is 5.82. The van der Waals surface area contributed by atoms with Crippen LogP contribution in [0.4, 0.5) is 0 Å². The van der Waals surface area contributed by atoms with E-state index < -0.39 is 0 Å². The Balaban J connectivity index is 1.63. The first-order valence-corrected chi connectivity index (χ1v) is 5.88. The fourth-order valence-corrected chi connectivity index (χ4v) is 2.16. The largest absolute Gasteiger partial charge is 0.356 e. The normalized spacial score (nSPS) is 32.7. The van der Waals surface area contributed by atoms with Gasteiger partial charge in [0.1, 0.15) is 0 Å². The van der Waals surface area contributed by atoms with E-state index in [1.807, 2.05) is 0 Å². The van der Waals surface area contributed by atoms with E-state index in [-0.39, 0.29) is 17.9 Å². The number of hydrogen-bond acceptors (Lipinski definition) is 3. The minimum absolute atomic E-state index is 0.108. The zero-order chi connectivity index (χ0) is 10.8. The van der Waals surface area contributed by atoms with Crippen LogP contribution < -0.4 is 11.1 Å². The van der Waals surface area contributed by atoms with Crippen molar-refractivity contribution in [1.29, 1.82) is 0 Å². The third-order valence-electron chi connectivity index (χ3n) is 3.58. The Hall–Kier alpha value is -0.610. The summed E-state index contributed by atoms with van der Waals surface area (Å²) in [7, 11) is 2.15. The maximum Gasteiger partial charge on any atom is 0.224 e. The molecule has 4 nitrogen and oxygen atoms in total. The van der Waals surface area contributed by atoms with Gasteiger partial charge < -0.3 is 16.0 Å². The number of nitrogens with two attached hydrogens (primary N) is 1. The number of rotatable bonds is 3. The molecule has 0 aromatic carbocycles. The molecule has 1 aliphatic heterocycles. The Morgan fingerprint density at radius 3 is 2.60 bits per heavy atom. The molecule has 1 amide bonds. The lowest BCUT2D eigenvalue weighted by molar-refractivity contribution is -0.122. The summed E-state index contributed by atoms with van der Waals surface area (Å²) in [4.78, 5) is 13.9. The Morgan fingerprint density at radius 2 is 2.07 bits per heavy atom. The molecule has 0 aromatic rings. The monoisotopic (exact) mass is 211 g/mol. The van der Waals surface area contributed by atoms with Gasteiger partial charge in [-0.1, -0.05) is 0 Å². The molecule has 1 aliphatic carbocycles. The number of piperidine rings is 1. The maximum atomic E-state index is 11.5. The molecule has 0 bridgehead atoms. The molecule has 0 radical (unpaired) electrons. The van der Waals surface area contributed by atoms with Crippen LogP contribution in [-0.2, 0) is 4.79 Å². The highest BCUT2D eigenvalue weighted by Crippen LogP contribution is 2.27. The van der Waals surface area contributed by atoms with Crippen LogP contribution in [0.15, 0.2) is 0 Å². The van der Waals surface area contributed by atoms with E-state index in [4.69, 9.17) is 5.73 Å². The lowest BCUT2D eigenvalue weighted by Gasteiger charge is -2.28. The van der Waals surface area contributed by atoms with Gasteiger partial charge in [0, 0.05) is 12.6 Å². The summed E-state index contributed by atoms with van der Waals surface area (Å²) in [5.74, 6) is 0.942. The van der Waals surface area contributed by atoms with Crippen molar-refractivity contribution >= 4 is 5.91 Å².